The van der Waals surface area contributed by atoms with Crippen molar-refractivity contribution in [1.29, 1.82) is 0 Å². The molecule has 3 fully saturated rings. The molecule has 0 aromatic heterocycles. The van der Waals surface area contributed by atoms with E-state index in [1.54, 1.807) is 0 Å². The maximum absolute atomic E-state index is 9.50. The molecule has 2 unspecified atom stereocenters. The fraction of sp³-hybridized carbons (Fsp3) is 1.00. The van der Waals surface area contributed by atoms with Crippen LogP contribution in [0.25, 0.3) is 0 Å². The van der Waals surface area contributed by atoms with E-state index in [4.69, 9.17) is 0 Å². The Morgan fingerprint density at radius 2 is 1.82 bits per heavy atom. The predicted octanol–water partition coefficient (Wildman–Crippen LogP) is 2.19. The minimum atomic E-state index is -0.0527. The summed E-state index contributed by atoms with van der Waals surface area (Å²) >= 11 is 0. The first-order valence-corrected chi connectivity index (χ1v) is 4.95. The molecule has 0 aromatic carbocycles. The molecule has 1 nitrogen and oxygen atoms in total. The summed E-state index contributed by atoms with van der Waals surface area (Å²) in [6.07, 6.45) is 6.91. The van der Waals surface area contributed by atoms with Gasteiger partial charge in [0.05, 0.1) is 6.10 Å². The van der Waals surface area contributed by atoms with Gasteiger partial charge >= 0.3 is 0 Å². The summed E-state index contributed by atoms with van der Waals surface area (Å²) < 4.78 is 0. The SMILES string of the molecule is CC(O)C1CC2CCC1CC2. The molecule has 0 heterocycles. The van der Waals surface area contributed by atoms with Crippen LogP contribution >= 0.6 is 0 Å². The minimum Gasteiger partial charge on any atom is -0.393 e. The summed E-state index contributed by atoms with van der Waals surface area (Å²) in [7, 11) is 0. The third kappa shape index (κ3) is 1.31. The molecule has 2 bridgehead atoms. The second-order valence-electron chi connectivity index (χ2n) is 4.42. The third-order valence-corrected chi connectivity index (χ3v) is 3.72. The Labute approximate surface area is 68.8 Å². The second-order valence-corrected chi connectivity index (χ2v) is 4.42. The topological polar surface area (TPSA) is 20.2 Å². The van der Waals surface area contributed by atoms with Crippen LogP contribution in [0.4, 0.5) is 0 Å². The second kappa shape index (κ2) is 2.78. The van der Waals surface area contributed by atoms with Gasteiger partial charge in [0.15, 0.2) is 0 Å². The summed E-state index contributed by atoms with van der Waals surface area (Å²) in [5.41, 5.74) is 0. The fourth-order valence-electron chi connectivity index (χ4n) is 3.02. The fourth-order valence-corrected chi connectivity index (χ4v) is 3.02. The van der Waals surface area contributed by atoms with Gasteiger partial charge in [-0.2, -0.15) is 0 Å². The Bertz CT molecular complexity index is 134. The Balaban J connectivity index is 2.03. The van der Waals surface area contributed by atoms with Gasteiger partial charge in [-0.3, -0.25) is 0 Å². The van der Waals surface area contributed by atoms with Crippen molar-refractivity contribution in [3.05, 3.63) is 0 Å². The molecule has 0 saturated heterocycles. The molecule has 1 N–H and O–H groups in total. The molecule has 64 valence electrons. The van der Waals surface area contributed by atoms with Gasteiger partial charge in [-0.25, -0.2) is 0 Å². The molecular formula is C10H18O. The molecule has 3 saturated carbocycles. The van der Waals surface area contributed by atoms with Crippen LogP contribution < -0.4 is 0 Å². The zero-order valence-corrected chi connectivity index (χ0v) is 7.29. The Hall–Kier alpha value is -0.0400. The number of aliphatic hydroxyl groups is 1. The van der Waals surface area contributed by atoms with E-state index in [9.17, 15) is 5.11 Å². The van der Waals surface area contributed by atoms with Crippen LogP contribution in [0, 0.1) is 17.8 Å². The first kappa shape index (κ1) is 7.60. The smallest absolute Gasteiger partial charge is 0.0543 e. The maximum Gasteiger partial charge on any atom is 0.0543 e. The standard InChI is InChI=1S/C10H18O/c1-7(11)10-6-8-2-4-9(10)5-3-8/h7-11H,2-6H2,1H3. The molecule has 0 aromatic rings. The van der Waals surface area contributed by atoms with Crippen LogP contribution in [0.5, 0.6) is 0 Å². The van der Waals surface area contributed by atoms with Crippen molar-refractivity contribution in [1.82, 2.24) is 0 Å². The van der Waals surface area contributed by atoms with Crippen molar-refractivity contribution < 1.29 is 5.11 Å². The van der Waals surface area contributed by atoms with Crippen LogP contribution in [0.15, 0.2) is 0 Å². The Kier molecular flexibility index (Phi) is 1.92. The van der Waals surface area contributed by atoms with Crippen molar-refractivity contribution in [3.8, 4) is 0 Å². The average molecular weight is 154 g/mol. The van der Waals surface area contributed by atoms with Crippen LogP contribution in [-0.2, 0) is 0 Å². The van der Waals surface area contributed by atoms with Gasteiger partial charge in [0.2, 0.25) is 0 Å². The molecule has 0 aliphatic heterocycles. The van der Waals surface area contributed by atoms with Crippen LogP contribution in [0.1, 0.15) is 39.0 Å². The number of rotatable bonds is 1. The molecule has 0 radical (unpaired) electrons. The van der Waals surface area contributed by atoms with Gasteiger partial charge in [0.1, 0.15) is 0 Å². The van der Waals surface area contributed by atoms with Gasteiger partial charge in [0, 0.05) is 0 Å². The molecule has 0 spiro atoms. The van der Waals surface area contributed by atoms with Crippen molar-refractivity contribution in [2.24, 2.45) is 17.8 Å². The van der Waals surface area contributed by atoms with E-state index in [-0.39, 0.29) is 6.10 Å². The molecule has 0 amide bonds. The van der Waals surface area contributed by atoms with Crippen LogP contribution in [0.2, 0.25) is 0 Å². The highest BCUT2D eigenvalue weighted by molar-refractivity contribution is 4.88. The van der Waals surface area contributed by atoms with Crippen molar-refractivity contribution in [3.63, 3.8) is 0 Å². The van der Waals surface area contributed by atoms with E-state index in [0.29, 0.717) is 5.92 Å². The number of hydrogen-bond acceptors (Lipinski definition) is 1. The van der Waals surface area contributed by atoms with E-state index >= 15 is 0 Å². The molecule has 3 aliphatic rings. The summed E-state index contributed by atoms with van der Waals surface area (Å²) in [5, 5.41) is 9.50. The molecule has 2 atom stereocenters. The van der Waals surface area contributed by atoms with Gasteiger partial charge in [-0.05, 0) is 43.9 Å². The lowest BCUT2D eigenvalue weighted by molar-refractivity contribution is 0.00603. The van der Waals surface area contributed by atoms with E-state index < -0.39 is 0 Å². The highest BCUT2D eigenvalue weighted by Crippen LogP contribution is 2.46. The van der Waals surface area contributed by atoms with Gasteiger partial charge in [0.25, 0.3) is 0 Å². The lowest BCUT2D eigenvalue weighted by atomic mass is 9.63. The lowest BCUT2D eigenvalue weighted by Gasteiger charge is -2.43. The summed E-state index contributed by atoms with van der Waals surface area (Å²) in [6, 6.07) is 0. The highest BCUT2D eigenvalue weighted by atomic mass is 16.3. The summed E-state index contributed by atoms with van der Waals surface area (Å²) in [6.45, 7) is 1.96. The van der Waals surface area contributed by atoms with Crippen molar-refractivity contribution in [2.75, 3.05) is 0 Å². The van der Waals surface area contributed by atoms with E-state index in [1.807, 2.05) is 6.92 Å². The van der Waals surface area contributed by atoms with E-state index in [0.717, 1.165) is 11.8 Å². The maximum atomic E-state index is 9.50. The highest BCUT2D eigenvalue weighted by Gasteiger charge is 2.37. The zero-order chi connectivity index (χ0) is 7.84. The number of aliphatic hydroxyl groups excluding tert-OH is 1. The Morgan fingerprint density at radius 1 is 1.18 bits per heavy atom. The molecule has 11 heavy (non-hydrogen) atoms. The minimum absolute atomic E-state index is 0.0527. The average Bonchev–Trinajstić information content (AvgIpc) is 2.06. The summed E-state index contributed by atoms with van der Waals surface area (Å²) in [5.74, 6) is 2.46. The van der Waals surface area contributed by atoms with Gasteiger partial charge in [-0.15, -0.1) is 0 Å². The number of fused-ring (bicyclic) bond motifs is 3. The Morgan fingerprint density at radius 3 is 2.09 bits per heavy atom. The van der Waals surface area contributed by atoms with E-state index in [1.165, 1.54) is 32.1 Å². The largest absolute Gasteiger partial charge is 0.393 e. The molecular weight excluding hydrogens is 136 g/mol. The molecule has 1 heteroatoms. The predicted molar refractivity (Wildman–Crippen MR) is 45.2 cm³/mol. The van der Waals surface area contributed by atoms with Gasteiger partial charge in [-0.1, -0.05) is 12.8 Å². The quantitative estimate of drug-likeness (QED) is 0.614. The van der Waals surface area contributed by atoms with Gasteiger partial charge < -0.3 is 5.11 Å². The first-order valence-electron chi connectivity index (χ1n) is 4.95. The van der Waals surface area contributed by atoms with Crippen LogP contribution in [0.3, 0.4) is 0 Å². The van der Waals surface area contributed by atoms with Crippen molar-refractivity contribution >= 4 is 0 Å². The molecule has 3 aliphatic carbocycles. The summed E-state index contributed by atoms with van der Waals surface area (Å²) in [4.78, 5) is 0. The third-order valence-electron chi connectivity index (χ3n) is 3.72. The normalized spacial score (nSPS) is 45.8. The van der Waals surface area contributed by atoms with E-state index in [2.05, 4.69) is 0 Å². The zero-order valence-electron chi connectivity index (χ0n) is 7.29. The van der Waals surface area contributed by atoms with Crippen LogP contribution in [-0.4, -0.2) is 11.2 Å². The first-order chi connectivity index (χ1) is 5.27. The number of hydrogen-bond donors (Lipinski definition) is 1. The monoisotopic (exact) mass is 154 g/mol. The molecule has 3 rings (SSSR count). The van der Waals surface area contributed by atoms with Crippen molar-refractivity contribution in [2.45, 2.75) is 45.1 Å². The lowest BCUT2D eigenvalue weighted by Crippen LogP contribution is -2.36.